The molecule has 0 saturated heterocycles. The van der Waals surface area contributed by atoms with Crippen LogP contribution in [0.4, 0.5) is 0 Å². The predicted octanol–water partition coefficient (Wildman–Crippen LogP) is 6.14. The van der Waals surface area contributed by atoms with Crippen LogP contribution in [-0.4, -0.2) is 9.97 Å². The molecule has 5 rings (SSSR count). The molecule has 1 aliphatic carbocycles. The van der Waals surface area contributed by atoms with Crippen LogP contribution in [-0.2, 0) is 23.7 Å². The second-order valence-corrected chi connectivity index (χ2v) is 9.57. The van der Waals surface area contributed by atoms with Crippen molar-refractivity contribution in [1.82, 2.24) is 9.97 Å². The van der Waals surface area contributed by atoms with Crippen molar-refractivity contribution < 1.29 is 0 Å². The molecule has 0 fully saturated rings. The molecule has 1 aliphatic rings. The van der Waals surface area contributed by atoms with Gasteiger partial charge in [-0.05, 0) is 51.8 Å². The maximum atomic E-state index is 4.86. The van der Waals surface area contributed by atoms with Crippen LogP contribution in [0.3, 0.4) is 0 Å². The third kappa shape index (κ3) is 2.63. The molecular formula is C26H26N2. The van der Waals surface area contributed by atoms with Crippen LogP contribution < -0.4 is 0 Å². The van der Waals surface area contributed by atoms with Crippen LogP contribution in [0.5, 0.6) is 0 Å². The number of benzene rings is 2. The van der Waals surface area contributed by atoms with Gasteiger partial charge in [0.15, 0.2) is 0 Å². The first-order valence-electron chi connectivity index (χ1n) is 10.1. The first kappa shape index (κ1) is 17.4. The van der Waals surface area contributed by atoms with Crippen molar-refractivity contribution in [3.05, 3.63) is 83.4 Å². The lowest BCUT2D eigenvalue weighted by atomic mass is 9.82. The van der Waals surface area contributed by atoms with E-state index in [9.17, 15) is 0 Å². The van der Waals surface area contributed by atoms with E-state index in [1.807, 2.05) is 12.4 Å². The monoisotopic (exact) mass is 366 g/mol. The lowest BCUT2D eigenvalue weighted by Crippen LogP contribution is -2.23. The van der Waals surface area contributed by atoms with Gasteiger partial charge in [-0.25, -0.2) is 0 Å². The standard InChI is InChI=1S/C26H26N2/c1-25(2,3)23-16-27-15-22-20(23)10-9-18-12-26(4,13-21(18)22)24-11-17-7-5-6-8-19(17)14-28-24/h5-11,14-16H,12-13H2,1-4H3. The summed E-state index contributed by atoms with van der Waals surface area (Å²) < 4.78 is 0. The summed E-state index contributed by atoms with van der Waals surface area (Å²) in [6, 6.07) is 15.4. The Kier molecular flexibility index (Phi) is 3.64. The highest BCUT2D eigenvalue weighted by Crippen LogP contribution is 2.43. The molecule has 1 atom stereocenters. The van der Waals surface area contributed by atoms with Gasteiger partial charge >= 0.3 is 0 Å². The van der Waals surface area contributed by atoms with Gasteiger partial charge in [-0.15, -0.1) is 0 Å². The van der Waals surface area contributed by atoms with E-state index in [2.05, 4.69) is 81.3 Å². The van der Waals surface area contributed by atoms with Gasteiger partial charge in [-0.2, -0.15) is 0 Å². The summed E-state index contributed by atoms with van der Waals surface area (Å²) in [6.07, 6.45) is 8.16. The van der Waals surface area contributed by atoms with Crippen LogP contribution in [0.1, 0.15) is 50.1 Å². The normalized spacial score (nSPS) is 19.3. The third-order valence-electron chi connectivity index (χ3n) is 6.36. The summed E-state index contributed by atoms with van der Waals surface area (Å²) in [7, 11) is 0. The smallest absolute Gasteiger partial charge is 0.0475 e. The molecule has 0 saturated carbocycles. The fourth-order valence-corrected chi connectivity index (χ4v) is 4.79. The number of fused-ring (bicyclic) bond motifs is 4. The molecule has 0 radical (unpaired) electrons. The first-order valence-corrected chi connectivity index (χ1v) is 10.1. The minimum atomic E-state index is 0.0262. The fraction of sp³-hybridized carbons (Fsp3) is 0.308. The van der Waals surface area contributed by atoms with Crippen LogP contribution >= 0.6 is 0 Å². The van der Waals surface area contributed by atoms with Crippen molar-refractivity contribution in [3.63, 3.8) is 0 Å². The number of aromatic nitrogens is 2. The summed E-state index contributed by atoms with van der Waals surface area (Å²) in [4.78, 5) is 9.47. The van der Waals surface area contributed by atoms with Crippen molar-refractivity contribution in [2.75, 3.05) is 0 Å². The Labute approximate surface area is 166 Å². The molecule has 4 aromatic rings. The van der Waals surface area contributed by atoms with E-state index in [0.29, 0.717) is 0 Å². The van der Waals surface area contributed by atoms with Crippen LogP contribution in [0.2, 0.25) is 0 Å². The average molecular weight is 367 g/mol. The number of nitrogens with zero attached hydrogens (tertiary/aromatic N) is 2. The van der Waals surface area contributed by atoms with Crippen LogP contribution in [0.15, 0.2) is 61.1 Å². The zero-order valence-corrected chi connectivity index (χ0v) is 17.1. The molecule has 1 unspecified atom stereocenters. The topological polar surface area (TPSA) is 25.8 Å². The minimum Gasteiger partial charge on any atom is -0.264 e. The molecule has 0 bridgehead atoms. The van der Waals surface area contributed by atoms with Crippen molar-refractivity contribution >= 4 is 21.5 Å². The Bertz CT molecular complexity index is 1220. The summed E-state index contributed by atoms with van der Waals surface area (Å²) in [5.74, 6) is 0. The van der Waals surface area contributed by atoms with Gasteiger partial charge in [-0.1, -0.05) is 64.1 Å². The summed E-state index contributed by atoms with van der Waals surface area (Å²) in [5.41, 5.74) is 5.52. The molecule has 0 amide bonds. The Hall–Kier alpha value is -2.74. The van der Waals surface area contributed by atoms with Gasteiger partial charge in [0.25, 0.3) is 0 Å². The number of hydrogen-bond donors (Lipinski definition) is 0. The van der Waals surface area contributed by atoms with E-state index in [1.54, 1.807) is 0 Å². The van der Waals surface area contributed by atoms with E-state index >= 15 is 0 Å². The van der Waals surface area contributed by atoms with Gasteiger partial charge < -0.3 is 0 Å². The molecule has 2 aromatic carbocycles. The molecule has 2 aromatic heterocycles. The highest BCUT2D eigenvalue weighted by molar-refractivity contribution is 5.90. The second kappa shape index (κ2) is 5.88. The zero-order chi connectivity index (χ0) is 19.5. The zero-order valence-electron chi connectivity index (χ0n) is 17.1. The summed E-state index contributed by atoms with van der Waals surface area (Å²) >= 11 is 0. The highest BCUT2D eigenvalue weighted by Gasteiger charge is 2.37. The predicted molar refractivity (Wildman–Crippen MR) is 117 cm³/mol. The van der Waals surface area contributed by atoms with E-state index in [0.717, 1.165) is 12.8 Å². The Morgan fingerprint density at radius 2 is 1.64 bits per heavy atom. The van der Waals surface area contributed by atoms with Crippen molar-refractivity contribution in [3.8, 4) is 0 Å². The van der Waals surface area contributed by atoms with E-state index in [-0.39, 0.29) is 10.8 Å². The van der Waals surface area contributed by atoms with E-state index in [4.69, 9.17) is 4.98 Å². The fourth-order valence-electron chi connectivity index (χ4n) is 4.79. The molecule has 140 valence electrons. The van der Waals surface area contributed by atoms with E-state index in [1.165, 1.54) is 43.9 Å². The Morgan fingerprint density at radius 1 is 0.857 bits per heavy atom. The Balaban J connectivity index is 1.63. The molecule has 0 aliphatic heterocycles. The molecule has 0 N–H and O–H groups in total. The van der Waals surface area contributed by atoms with Crippen LogP contribution in [0, 0.1) is 0 Å². The Morgan fingerprint density at radius 3 is 2.43 bits per heavy atom. The maximum absolute atomic E-state index is 4.86. The minimum absolute atomic E-state index is 0.0262. The largest absolute Gasteiger partial charge is 0.264 e. The van der Waals surface area contributed by atoms with Gasteiger partial charge in [0.2, 0.25) is 0 Å². The average Bonchev–Trinajstić information content (AvgIpc) is 3.04. The lowest BCUT2D eigenvalue weighted by molar-refractivity contribution is 0.489. The lowest BCUT2D eigenvalue weighted by Gasteiger charge is -2.23. The molecule has 2 heteroatoms. The quantitative estimate of drug-likeness (QED) is 0.404. The van der Waals surface area contributed by atoms with Crippen molar-refractivity contribution in [2.24, 2.45) is 0 Å². The second-order valence-electron chi connectivity index (χ2n) is 9.57. The first-order chi connectivity index (χ1) is 13.4. The molecular weight excluding hydrogens is 340 g/mol. The maximum Gasteiger partial charge on any atom is 0.0475 e. The van der Waals surface area contributed by atoms with Crippen LogP contribution in [0.25, 0.3) is 21.5 Å². The number of rotatable bonds is 1. The number of pyridine rings is 2. The highest BCUT2D eigenvalue weighted by atomic mass is 14.7. The van der Waals surface area contributed by atoms with Gasteiger partial charge in [-0.3, -0.25) is 9.97 Å². The molecule has 0 spiro atoms. The van der Waals surface area contributed by atoms with Gasteiger partial charge in [0, 0.05) is 40.5 Å². The van der Waals surface area contributed by atoms with Gasteiger partial charge in [0.1, 0.15) is 0 Å². The molecule has 2 nitrogen and oxygen atoms in total. The number of hydrogen-bond acceptors (Lipinski definition) is 2. The third-order valence-corrected chi connectivity index (χ3v) is 6.36. The molecule has 28 heavy (non-hydrogen) atoms. The summed E-state index contributed by atoms with van der Waals surface area (Å²) in [6.45, 7) is 9.15. The van der Waals surface area contributed by atoms with E-state index < -0.39 is 0 Å². The van der Waals surface area contributed by atoms with Crippen molar-refractivity contribution in [2.45, 2.75) is 51.4 Å². The SMILES string of the molecule is CC(C)(C)c1cncc2c3c(ccc12)CC(C)(c1cc2ccccc2cn1)C3. The van der Waals surface area contributed by atoms with Gasteiger partial charge in [0.05, 0.1) is 0 Å². The summed E-state index contributed by atoms with van der Waals surface area (Å²) in [5, 5.41) is 5.13. The molecule has 2 heterocycles. The van der Waals surface area contributed by atoms with Crippen molar-refractivity contribution in [1.29, 1.82) is 0 Å².